The molecular formula is C23H24N8O2. The van der Waals surface area contributed by atoms with Gasteiger partial charge in [0.05, 0.1) is 6.54 Å². The lowest BCUT2D eigenvalue weighted by atomic mass is 10.1. The molecule has 1 aliphatic rings. The van der Waals surface area contributed by atoms with E-state index in [4.69, 9.17) is 4.52 Å². The average molecular weight is 444 g/mol. The van der Waals surface area contributed by atoms with E-state index in [1.165, 1.54) is 10.4 Å². The maximum Gasteiger partial charge on any atom is 0.246 e. The van der Waals surface area contributed by atoms with Crippen LogP contribution < -0.4 is 0 Å². The highest BCUT2D eigenvalue weighted by Crippen LogP contribution is 2.17. The van der Waals surface area contributed by atoms with Gasteiger partial charge >= 0.3 is 0 Å². The summed E-state index contributed by atoms with van der Waals surface area (Å²) in [7, 11) is 0. The first kappa shape index (κ1) is 21.0. The summed E-state index contributed by atoms with van der Waals surface area (Å²) in [5.74, 6) is 1.66. The summed E-state index contributed by atoms with van der Waals surface area (Å²) in [5.41, 5.74) is 2.99. The van der Waals surface area contributed by atoms with Crippen LogP contribution in [0.3, 0.4) is 0 Å². The molecule has 10 heteroatoms. The van der Waals surface area contributed by atoms with Crippen molar-refractivity contribution in [2.75, 3.05) is 26.2 Å². The van der Waals surface area contributed by atoms with Crippen molar-refractivity contribution < 1.29 is 9.32 Å². The normalized spacial score (nSPS) is 14.5. The number of rotatable bonds is 6. The van der Waals surface area contributed by atoms with Gasteiger partial charge in [0.1, 0.15) is 6.54 Å². The first-order valence-corrected chi connectivity index (χ1v) is 10.9. The number of benzene rings is 2. The van der Waals surface area contributed by atoms with E-state index in [0.717, 1.165) is 24.2 Å². The van der Waals surface area contributed by atoms with Gasteiger partial charge in [0.15, 0.2) is 0 Å². The fourth-order valence-electron chi connectivity index (χ4n) is 3.72. The molecular weight excluding hydrogens is 420 g/mol. The van der Waals surface area contributed by atoms with E-state index in [0.29, 0.717) is 37.2 Å². The number of nitrogens with zero attached hydrogens (tertiary/aromatic N) is 8. The lowest BCUT2D eigenvalue weighted by molar-refractivity contribution is -0.134. The smallest absolute Gasteiger partial charge is 0.246 e. The van der Waals surface area contributed by atoms with Gasteiger partial charge in [-0.05, 0) is 12.1 Å². The molecule has 0 N–H and O–H groups in total. The van der Waals surface area contributed by atoms with Gasteiger partial charge in [-0.2, -0.15) is 9.78 Å². The summed E-state index contributed by atoms with van der Waals surface area (Å²) in [6, 6.07) is 17.6. The van der Waals surface area contributed by atoms with Crippen LogP contribution in [0, 0.1) is 6.92 Å². The minimum Gasteiger partial charge on any atom is -0.338 e. The number of amides is 1. The molecule has 0 atom stereocenters. The van der Waals surface area contributed by atoms with E-state index in [1.807, 2.05) is 66.4 Å². The third-order valence-corrected chi connectivity index (χ3v) is 5.62. The summed E-state index contributed by atoms with van der Waals surface area (Å²) in [4.78, 5) is 22.6. The lowest BCUT2D eigenvalue weighted by Gasteiger charge is -2.33. The summed E-state index contributed by atoms with van der Waals surface area (Å²) in [5, 5.41) is 16.5. The first-order chi connectivity index (χ1) is 16.1. The molecule has 2 aromatic heterocycles. The minimum atomic E-state index is -0.0221. The molecule has 0 saturated carbocycles. The van der Waals surface area contributed by atoms with Crippen LogP contribution in [-0.4, -0.2) is 72.2 Å². The number of carbonyl (C=O) groups excluding carboxylic acids is 1. The van der Waals surface area contributed by atoms with Crippen molar-refractivity contribution in [2.24, 2.45) is 0 Å². The maximum absolute atomic E-state index is 12.7. The van der Waals surface area contributed by atoms with E-state index in [1.54, 1.807) is 0 Å². The molecule has 1 aliphatic heterocycles. The predicted molar refractivity (Wildman–Crippen MR) is 120 cm³/mol. The van der Waals surface area contributed by atoms with E-state index in [9.17, 15) is 4.79 Å². The van der Waals surface area contributed by atoms with Crippen LogP contribution in [0.2, 0.25) is 0 Å². The molecule has 1 amide bonds. The summed E-state index contributed by atoms with van der Waals surface area (Å²) < 4.78 is 5.43. The highest BCUT2D eigenvalue weighted by molar-refractivity contribution is 5.76. The Morgan fingerprint density at radius 2 is 1.67 bits per heavy atom. The van der Waals surface area contributed by atoms with Crippen molar-refractivity contribution in [3.05, 3.63) is 66.1 Å². The minimum absolute atomic E-state index is 0.0221. The maximum atomic E-state index is 12.7. The number of carbonyl (C=O) groups is 1. The molecule has 0 bridgehead atoms. The zero-order chi connectivity index (χ0) is 22.6. The van der Waals surface area contributed by atoms with Gasteiger partial charge in [0.25, 0.3) is 0 Å². The Balaban J connectivity index is 1.12. The van der Waals surface area contributed by atoms with E-state index < -0.39 is 0 Å². The van der Waals surface area contributed by atoms with Crippen molar-refractivity contribution in [3.8, 4) is 22.8 Å². The van der Waals surface area contributed by atoms with Crippen LogP contribution in [0.5, 0.6) is 0 Å². The van der Waals surface area contributed by atoms with Gasteiger partial charge < -0.3 is 9.42 Å². The van der Waals surface area contributed by atoms with Gasteiger partial charge in [0, 0.05) is 37.3 Å². The molecule has 2 aromatic carbocycles. The van der Waals surface area contributed by atoms with Crippen LogP contribution in [0.4, 0.5) is 0 Å². The zero-order valence-electron chi connectivity index (χ0n) is 18.3. The molecule has 0 radical (unpaired) electrons. The largest absolute Gasteiger partial charge is 0.338 e. The molecule has 5 rings (SSSR count). The van der Waals surface area contributed by atoms with Crippen molar-refractivity contribution >= 4 is 5.91 Å². The van der Waals surface area contributed by atoms with Crippen molar-refractivity contribution in [2.45, 2.75) is 20.0 Å². The molecule has 1 saturated heterocycles. The molecule has 33 heavy (non-hydrogen) atoms. The van der Waals surface area contributed by atoms with Crippen molar-refractivity contribution in [1.29, 1.82) is 0 Å². The van der Waals surface area contributed by atoms with Gasteiger partial charge in [0.2, 0.25) is 23.4 Å². The highest BCUT2D eigenvalue weighted by atomic mass is 16.5. The Bertz CT molecular complexity index is 1210. The molecule has 4 aromatic rings. The molecule has 1 fully saturated rings. The van der Waals surface area contributed by atoms with Crippen LogP contribution in [0.25, 0.3) is 22.8 Å². The Kier molecular flexibility index (Phi) is 5.90. The molecule has 10 nitrogen and oxygen atoms in total. The zero-order valence-corrected chi connectivity index (χ0v) is 18.3. The highest BCUT2D eigenvalue weighted by Gasteiger charge is 2.23. The number of aromatic nitrogens is 6. The number of tetrazole rings is 1. The monoisotopic (exact) mass is 444 g/mol. The van der Waals surface area contributed by atoms with E-state index in [-0.39, 0.29) is 12.5 Å². The second kappa shape index (κ2) is 9.29. The summed E-state index contributed by atoms with van der Waals surface area (Å²) in [6.07, 6.45) is 0. The van der Waals surface area contributed by atoms with Crippen LogP contribution in [-0.2, 0) is 17.9 Å². The van der Waals surface area contributed by atoms with Crippen LogP contribution in [0.15, 0.2) is 59.1 Å². The van der Waals surface area contributed by atoms with Gasteiger partial charge in [-0.3, -0.25) is 9.69 Å². The fraction of sp³-hybridized carbons (Fsp3) is 0.304. The van der Waals surface area contributed by atoms with Gasteiger partial charge in [-0.15, -0.1) is 10.2 Å². The second-order valence-electron chi connectivity index (χ2n) is 8.04. The number of hydrogen-bond donors (Lipinski definition) is 0. The topological polar surface area (TPSA) is 106 Å². The average Bonchev–Trinajstić information content (AvgIpc) is 3.51. The van der Waals surface area contributed by atoms with E-state index in [2.05, 4.69) is 30.5 Å². The molecule has 0 spiro atoms. The first-order valence-electron chi connectivity index (χ1n) is 10.9. The van der Waals surface area contributed by atoms with Gasteiger partial charge in [-0.25, -0.2) is 0 Å². The lowest BCUT2D eigenvalue weighted by Crippen LogP contribution is -2.49. The number of piperazine rings is 1. The molecule has 0 unspecified atom stereocenters. The second-order valence-corrected chi connectivity index (χ2v) is 8.04. The van der Waals surface area contributed by atoms with Crippen molar-refractivity contribution in [3.63, 3.8) is 0 Å². The molecule has 0 aliphatic carbocycles. The third kappa shape index (κ3) is 4.96. The van der Waals surface area contributed by atoms with Crippen LogP contribution in [0.1, 0.15) is 11.5 Å². The SMILES string of the molecule is Cc1ccc(-c2noc(CN3CCN(C(=O)Cn4nnc(-c5ccccc5)n4)CC3)n2)cc1. The number of hydrogen-bond acceptors (Lipinski definition) is 8. The van der Waals surface area contributed by atoms with Gasteiger partial charge in [-0.1, -0.05) is 65.3 Å². The Hall–Kier alpha value is -3.92. The third-order valence-electron chi connectivity index (χ3n) is 5.62. The van der Waals surface area contributed by atoms with Crippen molar-refractivity contribution in [1.82, 2.24) is 40.1 Å². The van der Waals surface area contributed by atoms with E-state index >= 15 is 0 Å². The molecule has 168 valence electrons. The molecule has 3 heterocycles. The standard InChI is InChI=1S/C23H24N8O2/c1-17-7-9-19(10-8-17)22-24-20(33-27-22)15-29-11-13-30(14-12-29)21(32)16-31-26-23(25-28-31)18-5-3-2-4-6-18/h2-10H,11-16H2,1H3. The summed E-state index contributed by atoms with van der Waals surface area (Å²) >= 11 is 0. The quantitative estimate of drug-likeness (QED) is 0.445. The fourth-order valence-corrected chi connectivity index (χ4v) is 3.72. The Labute approximate surface area is 190 Å². The Morgan fingerprint density at radius 1 is 0.939 bits per heavy atom. The predicted octanol–water partition coefficient (Wildman–Crippen LogP) is 2.04. The Morgan fingerprint density at radius 3 is 2.42 bits per heavy atom. The van der Waals surface area contributed by atoms with Crippen LogP contribution >= 0.6 is 0 Å². The number of aryl methyl sites for hydroxylation is 1. The summed E-state index contributed by atoms with van der Waals surface area (Å²) in [6.45, 7) is 5.38.